The minimum atomic E-state index is -0.715. The molecule has 1 heterocycles. The Labute approximate surface area is 137 Å². The molecule has 0 unspecified atom stereocenters. The number of benzene rings is 2. The van der Waals surface area contributed by atoms with Crippen LogP contribution in [0.1, 0.15) is 15.9 Å². The highest BCUT2D eigenvalue weighted by Crippen LogP contribution is 2.27. The topological polar surface area (TPSA) is 46.6 Å². The highest BCUT2D eigenvalue weighted by Gasteiger charge is 2.25. The summed E-state index contributed by atoms with van der Waals surface area (Å²) in [5.74, 6) is -1.63. The van der Waals surface area contributed by atoms with Crippen molar-refractivity contribution in [3.05, 3.63) is 64.4 Å². The second-order valence-electron chi connectivity index (χ2n) is 5.13. The Balaban J connectivity index is 1.63. The minimum absolute atomic E-state index is 0.103. The van der Waals surface area contributed by atoms with Crippen LogP contribution in [-0.2, 0) is 16.0 Å². The number of anilines is 1. The number of nitrogens with zero attached hydrogens (tertiary/aromatic N) is 1. The molecule has 118 valence electrons. The normalized spacial score (nSPS) is 12.9. The molecule has 2 aromatic carbocycles. The molecule has 4 nitrogen and oxygen atoms in total. The lowest BCUT2D eigenvalue weighted by molar-refractivity contribution is -0.121. The van der Waals surface area contributed by atoms with Gasteiger partial charge in [-0.05, 0) is 36.2 Å². The van der Waals surface area contributed by atoms with Gasteiger partial charge in [-0.25, -0.2) is 9.18 Å². The molecule has 3 rings (SSSR count). The van der Waals surface area contributed by atoms with Crippen LogP contribution in [0.3, 0.4) is 0 Å². The zero-order valence-electron chi connectivity index (χ0n) is 12.1. The van der Waals surface area contributed by atoms with Crippen LogP contribution >= 0.6 is 11.6 Å². The number of carbonyl (C=O) groups excluding carboxylic acids is 2. The molecule has 1 aliphatic heterocycles. The summed E-state index contributed by atoms with van der Waals surface area (Å²) in [5.41, 5.74) is 2.04. The highest BCUT2D eigenvalue weighted by atomic mass is 35.5. The fourth-order valence-electron chi connectivity index (χ4n) is 2.51. The van der Waals surface area contributed by atoms with Gasteiger partial charge in [0.2, 0.25) is 0 Å². The number of halogens is 2. The van der Waals surface area contributed by atoms with E-state index in [1.807, 2.05) is 24.3 Å². The molecule has 0 atom stereocenters. The van der Waals surface area contributed by atoms with Crippen molar-refractivity contribution in [2.24, 2.45) is 0 Å². The van der Waals surface area contributed by atoms with Crippen molar-refractivity contribution in [1.29, 1.82) is 0 Å². The van der Waals surface area contributed by atoms with E-state index in [1.54, 1.807) is 4.90 Å². The number of esters is 1. The van der Waals surface area contributed by atoms with E-state index in [1.165, 1.54) is 12.1 Å². The summed E-state index contributed by atoms with van der Waals surface area (Å²) >= 11 is 5.62. The first kappa shape index (κ1) is 15.5. The van der Waals surface area contributed by atoms with Gasteiger partial charge < -0.3 is 9.64 Å². The number of carbonyl (C=O) groups is 2. The molecule has 23 heavy (non-hydrogen) atoms. The molecule has 1 aliphatic rings. The van der Waals surface area contributed by atoms with Crippen molar-refractivity contribution >= 4 is 29.2 Å². The average molecular weight is 334 g/mol. The number of amides is 1. The lowest BCUT2D eigenvalue weighted by Crippen LogP contribution is -2.33. The van der Waals surface area contributed by atoms with E-state index in [0.717, 1.165) is 23.7 Å². The van der Waals surface area contributed by atoms with Gasteiger partial charge in [0.25, 0.3) is 5.91 Å². The fourth-order valence-corrected chi connectivity index (χ4v) is 2.69. The molecule has 0 saturated heterocycles. The molecule has 2 aromatic rings. The Kier molecular flexibility index (Phi) is 4.30. The molecule has 0 spiro atoms. The van der Waals surface area contributed by atoms with E-state index >= 15 is 0 Å². The maximum Gasteiger partial charge on any atom is 0.338 e. The molecule has 0 bridgehead atoms. The van der Waals surface area contributed by atoms with E-state index in [2.05, 4.69) is 0 Å². The predicted molar refractivity (Wildman–Crippen MR) is 84.2 cm³/mol. The monoisotopic (exact) mass is 333 g/mol. The number of hydrogen-bond donors (Lipinski definition) is 0. The number of para-hydroxylation sites is 1. The lowest BCUT2D eigenvalue weighted by Gasteiger charge is -2.17. The van der Waals surface area contributed by atoms with Gasteiger partial charge in [-0.15, -0.1) is 0 Å². The van der Waals surface area contributed by atoms with E-state index in [9.17, 15) is 14.0 Å². The van der Waals surface area contributed by atoms with Crippen LogP contribution in [0.25, 0.3) is 0 Å². The summed E-state index contributed by atoms with van der Waals surface area (Å²) in [6.07, 6.45) is 0.781. The van der Waals surface area contributed by atoms with Gasteiger partial charge in [-0.1, -0.05) is 29.8 Å². The van der Waals surface area contributed by atoms with Crippen LogP contribution in [0.4, 0.5) is 10.1 Å². The van der Waals surface area contributed by atoms with Crippen molar-refractivity contribution in [1.82, 2.24) is 0 Å². The van der Waals surface area contributed by atoms with Crippen LogP contribution in [0, 0.1) is 5.82 Å². The molecule has 0 radical (unpaired) electrons. The SMILES string of the molecule is O=C(OCC(=O)N1CCc2ccccc21)c1ccc(F)c(Cl)c1. The predicted octanol–water partition coefficient (Wildman–Crippen LogP) is 3.23. The van der Waals surface area contributed by atoms with Gasteiger partial charge in [0, 0.05) is 12.2 Å². The molecule has 0 aliphatic carbocycles. The summed E-state index contributed by atoms with van der Waals surface area (Å²) in [7, 11) is 0. The molecule has 0 N–H and O–H groups in total. The smallest absolute Gasteiger partial charge is 0.338 e. The average Bonchev–Trinajstić information content (AvgIpc) is 2.99. The van der Waals surface area contributed by atoms with Crippen LogP contribution < -0.4 is 4.90 Å². The Hall–Kier alpha value is -2.40. The van der Waals surface area contributed by atoms with E-state index in [0.29, 0.717) is 6.54 Å². The summed E-state index contributed by atoms with van der Waals surface area (Å²) < 4.78 is 18.1. The molecular weight excluding hydrogens is 321 g/mol. The van der Waals surface area contributed by atoms with E-state index < -0.39 is 11.8 Å². The fraction of sp³-hybridized carbons (Fsp3) is 0.176. The van der Waals surface area contributed by atoms with Gasteiger partial charge >= 0.3 is 5.97 Å². The third-order valence-corrected chi connectivity index (χ3v) is 3.96. The first-order chi connectivity index (χ1) is 11.1. The van der Waals surface area contributed by atoms with Crippen molar-refractivity contribution in [2.45, 2.75) is 6.42 Å². The largest absolute Gasteiger partial charge is 0.452 e. The summed E-state index contributed by atoms with van der Waals surface area (Å²) in [5, 5.41) is -0.167. The van der Waals surface area contributed by atoms with Gasteiger partial charge in [-0.3, -0.25) is 4.79 Å². The van der Waals surface area contributed by atoms with Crippen LogP contribution in [-0.4, -0.2) is 25.0 Å². The van der Waals surface area contributed by atoms with E-state index in [-0.39, 0.29) is 23.1 Å². The summed E-state index contributed by atoms with van der Waals surface area (Å²) in [6, 6.07) is 11.1. The van der Waals surface area contributed by atoms with Gasteiger partial charge in [0.05, 0.1) is 10.6 Å². The Morgan fingerprint density at radius 1 is 1.22 bits per heavy atom. The number of ether oxygens (including phenoxy) is 1. The highest BCUT2D eigenvalue weighted by molar-refractivity contribution is 6.31. The first-order valence-corrected chi connectivity index (χ1v) is 7.44. The van der Waals surface area contributed by atoms with Crippen molar-refractivity contribution < 1.29 is 18.7 Å². The van der Waals surface area contributed by atoms with E-state index in [4.69, 9.17) is 16.3 Å². The zero-order chi connectivity index (χ0) is 16.4. The van der Waals surface area contributed by atoms with Gasteiger partial charge in [-0.2, -0.15) is 0 Å². The number of fused-ring (bicyclic) bond motifs is 1. The first-order valence-electron chi connectivity index (χ1n) is 7.06. The van der Waals surface area contributed by atoms with Crippen molar-refractivity contribution in [3.63, 3.8) is 0 Å². The third-order valence-electron chi connectivity index (χ3n) is 3.67. The second-order valence-corrected chi connectivity index (χ2v) is 5.54. The lowest BCUT2D eigenvalue weighted by atomic mass is 10.2. The Morgan fingerprint density at radius 3 is 2.78 bits per heavy atom. The molecule has 6 heteroatoms. The molecule has 0 fully saturated rings. The van der Waals surface area contributed by atoms with Crippen molar-refractivity contribution in [3.8, 4) is 0 Å². The molecule has 0 saturated carbocycles. The number of rotatable bonds is 3. The maximum absolute atomic E-state index is 13.1. The minimum Gasteiger partial charge on any atom is -0.452 e. The van der Waals surface area contributed by atoms with Crippen LogP contribution in [0.15, 0.2) is 42.5 Å². The Bertz CT molecular complexity index is 778. The quantitative estimate of drug-likeness (QED) is 0.810. The van der Waals surface area contributed by atoms with Crippen LogP contribution in [0.2, 0.25) is 5.02 Å². The van der Waals surface area contributed by atoms with Gasteiger partial charge in [0.15, 0.2) is 6.61 Å². The summed E-state index contributed by atoms with van der Waals surface area (Å²) in [6.45, 7) is 0.195. The van der Waals surface area contributed by atoms with Gasteiger partial charge in [0.1, 0.15) is 5.82 Å². The maximum atomic E-state index is 13.1. The molecule has 0 aromatic heterocycles. The molecule has 1 amide bonds. The van der Waals surface area contributed by atoms with Crippen molar-refractivity contribution in [2.75, 3.05) is 18.1 Å². The standard InChI is InChI=1S/C17H13ClFNO3/c18-13-9-12(5-6-14(13)19)17(22)23-10-16(21)20-8-7-11-3-1-2-4-15(11)20/h1-6,9H,7-8,10H2. The molecular formula is C17H13ClFNO3. The second kappa shape index (κ2) is 6.38. The summed E-state index contributed by atoms with van der Waals surface area (Å²) in [4.78, 5) is 25.7. The Morgan fingerprint density at radius 2 is 2.00 bits per heavy atom. The zero-order valence-corrected chi connectivity index (χ0v) is 12.8. The van der Waals surface area contributed by atoms with Crippen LogP contribution in [0.5, 0.6) is 0 Å². The number of hydrogen-bond acceptors (Lipinski definition) is 3. The third kappa shape index (κ3) is 3.19.